The molecule has 2 aromatic rings. The van der Waals surface area contributed by atoms with Gasteiger partial charge in [0.15, 0.2) is 5.75 Å². The second-order valence-corrected chi connectivity index (χ2v) is 7.81. The standard InChI is InChI=1S/C20H12Cl2N2O5S/c1-2-7-23-19(25)17(30-20(23)26)10-13-8-15(21)18(16(22)9-13)29-11-12-3-5-14(6-4-12)24(27)28/h1,3-6,8-10H,7,11H2/b17-10+. The number of carbonyl (C=O) groups excluding carboxylic acids is 2. The maximum atomic E-state index is 12.3. The third kappa shape index (κ3) is 4.76. The van der Waals surface area contributed by atoms with E-state index in [1.807, 2.05) is 0 Å². The van der Waals surface area contributed by atoms with E-state index in [9.17, 15) is 19.7 Å². The molecule has 0 saturated carbocycles. The van der Waals surface area contributed by atoms with Crippen LogP contribution in [0.15, 0.2) is 41.3 Å². The lowest BCUT2D eigenvalue weighted by Gasteiger charge is -2.11. The molecule has 0 bridgehead atoms. The number of benzene rings is 2. The molecule has 2 aromatic carbocycles. The topological polar surface area (TPSA) is 89.8 Å². The monoisotopic (exact) mass is 462 g/mol. The number of nitrogens with zero attached hydrogens (tertiary/aromatic N) is 2. The summed E-state index contributed by atoms with van der Waals surface area (Å²) in [6.07, 6.45) is 6.67. The predicted molar refractivity (Wildman–Crippen MR) is 115 cm³/mol. The van der Waals surface area contributed by atoms with E-state index in [1.165, 1.54) is 18.2 Å². The highest BCUT2D eigenvalue weighted by Crippen LogP contribution is 2.37. The van der Waals surface area contributed by atoms with Gasteiger partial charge in [0.1, 0.15) is 6.61 Å². The molecule has 0 aromatic heterocycles. The first-order valence-electron chi connectivity index (χ1n) is 8.34. The summed E-state index contributed by atoms with van der Waals surface area (Å²) in [5.41, 5.74) is 1.18. The number of nitro groups is 1. The van der Waals surface area contributed by atoms with Crippen LogP contribution in [0.1, 0.15) is 11.1 Å². The van der Waals surface area contributed by atoms with Crippen LogP contribution >= 0.6 is 35.0 Å². The Balaban J connectivity index is 1.76. The molecule has 10 heteroatoms. The predicted octanol–water partition coefficient (Wildman–Crippen LogP) is 5.15. The van der Waals surface area contributed by atoms with Gasteiger partial charge in [0.2, 0.25) is 0 Å². The maximum absolute atomic E-state index is 12.3. The summed E-state index contributed by atoms with van der Waals surface area (Å²) in [6, 6.07) is 8.99. The first-order valence-corrected chi connectivity index (χ1v) is 9.91. The van der Waals surface area contributed by atoms with Crippen LogP contribution in [0.4, 0.5) is 10.5 Å². The lowest BCUT2D eigenvalue weighted by Crippen LogP contribution is -2.28. The Kier molecular flexibility index (Phi) is 6.67. The molecule has 2 amide bonds. The van der Waals surface area contributed by atoms with Gasteiger partial charge in [-0.2, -0.15) is 0 Å². The summed E-state index contributed by atoms with van der Waals surface area (Å²) in [4.78, 5) is 35.5. The molecule has 0 radical (unpaired) electrons. The highest BCUT2D eigenvalue weighted by atomic mass is 35.5. The van der Waals surface area contributed by atoms with E-state index in [-0.39, 0.29) is 39.5 Å². The quantitative estimate of drug-likeness (QED) is 0.255. The van der Waals surface area contributed by atoms with E-state index in [1.54, 1.807) is 24.3 Å². The van der Waals surface area contributed by atoms with Crippen LogP contribution in [0.3, 0.4) is 0 Å². The van der Waals surface area contributed by atoms with Crippen LogP contribution < -0.4 is 4.74 Å². The summed E-state index contributed by atoms with van der Waals surface area (Å²) in [7, 11) is 0. The SMILES string of the molecule is C#CCN1C(=O)S/C(=C/c2cc(Cl)c(OCc3ccc([N+](=O)[O-])cc3)c(Cl)c2)C1=O. The normalized spacial score (nSPS) is 14.8. The van der Waals surface area contributed by atoms with Crippen molar-refractivity contribution < 1.29 is 19.2 Å². The van der Waals surface area contributed by atoms with Gasteiger partial charge in [0.05, 0.1) is 26.4 Å². The minimum atomic E-state index is -0.488. The van der Waals surface area contributed by atoms with Gasteiger partial charge in [-0.1, -0.05) is 29.1 Å². The zero-order chi connectivity index (χ0) is 21.8. The first kappa shape index (κ1) is 21.7. The molecule has 1 aliphatic rings. The average Bonchev–Trinajstić information content (AvgIpc) is 2.95. The molecule has 152 valence electrons. The molecule has 30 heavy (non-hydrogen) atoms. The summed E-state index contributed by atoms with van der Waals surface area (Å²) in [5, 5.41) is 10.7. The fourth-order valence-corrected chi connectivity index (χ4v) is 4.00. The molecule has 0 unspecified atom stereocenters. The van der Waals surface area contributed by atoms with Gasteiger partial charge in [-0.25, -0.2) is 0 Å². The van der Waals surface area contributed by atoms with Crippen molar-refractivity contribution in [3.8, 4) is 18.1 Å². The lowest BCUT2D eigenvalue weighted by atomic mass is 10.2. The zero-order valence-corrected chi connectivity index (χ0v) is 17.5. The molecule has 1 heterocycles. The highest BCUT2D eigenvalue weighted by molar-refractivity contribution is 8.18. The van der Waals surface area contributed by atoms with Crippen molar-refractivity contribution >= 4 is 57.9 Å². The Hall–Kier alpha value is -2.99. The van der Waals surface area contributed by atoms with Crippen LogP contribution in [-0.2, 0) is 11.4 Å². The Bertz CT molecular complexity index is 1090. The molecule has 3 rings (SSSR count). The van der Waals surface area contributed by atoms with Gasteiger partial charge in [0, 0.05) is 12.1 Å². The van der Waals surface area contributed by atoms with Crippen LogP contribution in [0, 0.1) is 22.5 Å². The largest absolute Gasteiger partial charge is 0.486 e. The van der Waals surface area contributed by atoms with Gasteiger partial charge in [-0.15, -0.1) is 6.42 Å². The molecular weight excluding hydrogens is 451 g/mol. The summed E-state index contributed by atoms with van der Waals surface area (Å²) < 4.78 is 5.66. The fraction of sp³-hybridized carbons (Fsp3) is 0.100. The fourth-order valence-electron chi connectivity index (χ4n) is 2.55. The van der Waals surface area contributed by atoms with E-state index in [0.29, 0.717) is 11.1 Å². The summed E-state index contributed by atoms with van der Waals surface area (Å²) in [5.74, 6) is 2.02. The number of ether oxygens (including phenoxy) is 1. The number of non-ortho nitro benzene ring substituents is 1. The van der Waals surface area contributed by atoms with Crippen LogP contribution in [0.2, 0.25) is 10.0 Å². The number of rotatable bonds is 6. The smallest absolute Gasteiger partial charge is 0.294 e. The van der Waals surface area contributed by atoms with E-state index in [4.69, 9.17) is 34.4 Å². The molecular formula is C20H12Cl2N2O5S. The Morgan fingerprint density at radius 3 is 2.40 bits per heavy atom. The minimum absolute atomic E-state index is 0.0224. The van der Waals surface area contributed by atoms with Crippen LogP contribution in [-0.4, -0.2) is 27.5 Å². The van der Waals surface area contributed by atoms with Crippen molar-refractivity contribution in [2.45, 2.75) is 6.61 Å². The molecule has 0 N–H and O–H groups in total. The molecule has 1 aliphatic heterocycles. The van der Waals surface area contributed by atoms with Crippen LogP contribution in [0.25, 0.3) is 6.08 Å². The lowest BCUT2D eigenvalue weighted by molar-refractivity contribution is -0.384. The Labute approximate surface area is 185 Å². The van der Waals surface area contributed by atoms with Gasteiger partial charge in [-0.3, -0.25) is 24.6 Å². The first-order chi connectivity index (χ1) is 14.3. The molecule has 1 saturated heterocycles. The van der Waals surface area contributed by atoms with E-state index in [2.05, 4.69) is 5.92 Å². The van der Waals surface area contributed by atoms with Gasteiger partial charge < -0.3 is 4.74 Å². The van der Waals surface area contributed by atoms with Crippen molar-refractivity contribution in [2.75, 3.05) is 6.54 Å². The van der Waals surface area contributed by atoms with Crippen molar-refractivity contribution in [1.82, 2.24) is 4.90 Å². The molecule has 1 fully saturated rings. The van der Waals surface area contributed by atoms with Crippen molar-refractivity contribution in [1.29, 1.82) is 0 Å². The third-order valence-electron chi connectivity index (χ3n) is 3.97. The molecule has 0 atom stereocenters. The second-order valence-electron chi connectivity index (χ2n) is 6.00. The number of terminal acetylenes is 1. The summed E-state index contributed by atoms with van der Waals surface area (Å²) in [6.45, 7) is 0.000694. The number of nitro benzene ring substituents is 1. The van der Waals surface area contributed by atoms with E-state index < -0.39 is 16.1 Å². The van der Waals surface area contributed by atoms with Crippen molar-refractivity contribution in [3.05, 3.63) is 72.6 Å². The van der Waals surface area contributed by atoms with E-state index >= 15 is 0 Å². The van der Waals surface area contributed by atoms with Crippen LogP contribution in [0.5, 0.6) is 5.75 Å². The molecule has 0 spiro atoms. The number of amides is 2. The third-order valence-corrected chi connectivity index (χ3v) is 5.44. The van der Waals surface area contributed by atoms with Crippen molar-refractivity contribution in [2.24, 2.45) is 0 Å². The molecule has 7 nitrogen and oxygen atoms in total. The van der Waals surface area contributed by atoms with Gasteiger partial charge in [0.25, 0.3) is 16.8 Å². The maximum Gasteiger partial charge on any atom is 0.294 e. The number of thioether (sulfide) groups is 1. The average molecular weight is 463 g/mol. The van der Waals surface area contributed by atoms with Crippen molar-refractivity contribution in [3.63, 3.8) is 0 Å². The highest BCUT2D eigenvalue weighted by Gasteiger charge is 2.34. The zero-order valence-electron chi connectivity index (χ0n) is 15.1. The van der Waals surface area contributed by atoms with E-state index in [0.717, 1.165) is 16.7 Å². The molecule has 0 aliphatic carbocycles. The number of halogens is 2. The Morgan fingerprint density at radius 2 is 1.83 bits per heavy atom. The Morgan fingerprint density at radius 1 is 1.20 bits per heavy atom. The minimum Gasteiger partial charge on any atom is -0.486 e. The number of hydrogen-bond acceptors (Lipinski definition) is 6. The number of hydrogen-bond donors (Lipinski definition) is 0. The number of carbonyl (C=O) groups is 2. The number of imide groups is 1. The van der Waals surface area contributed by atoms with Gasteiger partial charge >= 0.3 is 0 Å². The second kappa shape index (κ2) is 9.22. The van der Waals surface area contributed by atoms with Gasteiger partial charge in [-0.05, 0) is 53.2 Å². The summed E-state index contributed by atoms with van der Waals surface area (Å²) >= 11 is 13.3.